The maximum atomic E-state index is 11.2. The summed E-state index contributed by atoms with van der Waals surface area (Å²) >= 11 is 2.06. The molecule has 0 aromatic heterocycles. The summed E-state index contributed by atoms with van der Waals surface area (Å²) in [7, 11) is 0. The molecule has 0 aromatic rings. The maximum Gasteiger partial charge on any atom is 0.0702 e. The first-order valence-corrected chi connectivity index (χ1v) is 9.75. The third-order valence-electron chi connectivity index (χ3n) is 6.21. The highest BCUT2D eigenvalue weighted by molar-refractivity contribution is 7.99. The van der Waals surface area contributed by atoms with Crippen molar-refractivity contribution in [3.05, 3.63) is 0 Å². The fourth-order valence-corrected chi connectivity index (χ4v) is 5.81. The molecule has 1 saturated carbocycles. The molecular weight excluding hydrogens is 268 g/mol. The van der Waals surface area contributed by atoms with Crippen LogP contribution < -0.4 is 0 Å². The quantitative estimate of drug-likeness (QED) is 0.835. The maximum absolute atomic E-state index is 11.2. The lowest BCUT2D eigenvalue weighted by Crippen LogP contribution is -2.51. The van der Waals surface area contributed by atoms with Crippen LogP contribution in [0.15, 0.2) is 0 Å². The van der Waals surface area contributed by atoms with E-state index < -0.39 is 0 Å². The van der Waals surface area contributed by atoms with E-state index >= 15 is 0 Å². The fourth-order valence-electron chi connectivity index (χ4n) is 4.57. The van der Waals surface area contributed by atoms with Gasteiger partial charge in [-0.3, -0.25) is 0 Å². The predicted molar refractivity (Wildman–Crippen MR) is 85.2 cm³/mol. The van der Waals surface area contributed by atoms with Gasteiger partial charge >= 0.3 is 0 Å². The molecule has 1 N–H and O–H groups in total. The van der Waals surface area contributed by atoms with Gasteiger partial charge in [0.25, 0.3) is 0 Å². The molecule has 20 heavy (non-hydrogen) atoms. The zero-order valence-electron chi connectivity index (χ0n) is 12.9. The molecule has 1 atom stereocenters. The molecule has 2 nitrogen and oxygen atoms in total. The van der Waals surface area contributed by atoms with Crippen LogP contribution in [-0.2, 0) is 4.74 Å². The van der Waals surface area contributed by atoms with Gasteiger partial charge in [0.2, 0.25) is 0 Å². The Hall–Kier alpha value is 0.270. The van der Waals surface area contributed by atoms with Gasteiger partial charge in [-0.25, -0.2) is 0 Å². The second kappa shape index (κ2) is 6.18. The number of aliphatic hydroxyl groups is 1. The Balaban J connectivity index is 1.64. The highest BCUT2D eigenvalue weighted by Crippen LogP contribution is 2.47. The van der Waals surface area contributed by atoms with Gasteiger partial charge < -0.3 is 9.84 Å². The second-order valence-electron chi connectivity index (χ2n) is 7.29. The molecule has 3 aliphatic rings. The fraction of sp³-hybridized carbons (Fsp3) is 1.00. The van der Waals surface area contributed by atoms with E-state index in [-0.39, 0.29) is 11.2 Å². The lowest BCUT2D eigenvalue weighted by Gasteiger charge is -2.50. The normalized spacial score (nSPS) is 41.7. The van der Waals surface area contributed by atoms with Crippen LogP contribution in [0.3, 0.4) is 0 Å². The topological polar surface area (TPSA) is 29.5 Å². The Bertz CT molecular complexity index is 311. The van der Waals surface area contributed by atoms with Crippen LogP contribution in [-0.4, -0.2) is 34.4 Å². The largest absolute Gasteiger partial charge is 0.390 e. The molecule has 116 valence electrons. The van der Waals surface area contributed by atoms with Crippen LogP contribution in [0, 0.1) is 11.8 Å². The summed E-state index contributed by atoms with van der Waals surface area (Å²) in [4.78, 5) is 0. The van der Waals surface area contributed by atoms with E-state index in [4.69, 9.17) is 4.74 Å². The molecule has 0 bridgehead atoms. The van der Waals surface area contributed by atoms with Crippen molar-refractivity contribution in [2.75, 3.05) is 18.1 Å². The summed E-state index contributed by atoms with van der Waals surface area (Å²) in [5.41, 5.74) is -0.265. The smallest absolute Gasteiger partial charge is 0.0702 e. The van der Waals surface area contributed by atoms with Crippen molar-refractivity contribution >= 4 is 11.8 Å². The Kier molecular flexibility index (Phi) is 4.69. The first kappa shape index (κ1) is 15.2. The third-order valence-corrected chi connectivity index (χ3v) is 7.19. The van der Waals surface area contributed by atoms with Gasteiger partial charge in [-0.15, -0.1) is 0 Å². The van der Waals surface area contributed by atoms with Crippen molar-refractivity contribution in [2.45, 2.75) is 75.9 Å². The molecule has 3 rings (SSSR count). The number of rotatable bonds is 2. The van der Waals surface area contributed by atoms with E-state index in [1.807, 2.05) is 0 Å². The molecule has 1 unspecified atom stereocenters. The van der Waals surface area contributed by atoms with Crippen LogP contribution in [0.25, 0.3) is 0 Å². The molecule has 2 heterocycles. The van der Waals surface area contributed by atoms with Gasteiger partial charge in [0.15, 0.2) is 0 Å². The van der Waals surface area contributed by atoms with E-state index in [0.717, 1.165) is 38.2 Å². The van der Waals surface area contributed by atoms with Crippen molar-refractivity contribution in [2.24, 2.45) is 11.8 Å². The summed E-state index contributed by atoms with van der Waals surface area (Å²) in [6.07, 6.45) is 10.4. The van der Waals surface area contributed by atoms with Crippen LogP contribution in [0.1, 0.15) is 64.7 Å². The van der Waals surface area contributed by atoms with Crippen LogP contribution in [0.4, 0.5) is 0 Å². The number of ether oxygens (including phenoxy) is 1. The second-order valence-corrected chi connectivity index (χ2v) is 8.51. The molecule has 0 amide bonds. The zero-order chi connectivity index (χ0) is 14.1. The Morgan fingerprint density at radius 2 is 1.80 bits per heavy atom. The lowest BCUT2D eigenvalue weighted by atomic mass is 9.66. The van der Waals surface area contributed by atoms with E-state index in [0.29, 0.717) is 5.92 Å². The Morgan fingerprint density at radius 3 is 2.45 bits per heavy atom. The molecular formula is C17H30O2S. The SMILES string of the molecule is CCC1CCC(O)(C2CCOC3(CCSCC3)C2)CC1. The van der Waals surface area contributed by atoms with Gasteiger partial charge in [-0.1, -0.05) is 13.3 Å². The van der Waals surface area contributed by atoms with Gasteiger partial charge in [-0.05, 0) is 74.7 Å². The molecule has 0 radical (unpaired) electrons. The van der Waals surface area contributed by atoms with Crippen LogP contribution >= 0.6 is 11.8 Å². The predicted octanol–water partition coefficient (Wildman–Crippen LogP) is 4.01. The van der Waals surface area contributed by atoms with Crippen molar-refractivity contribution in [3.63, 3.8) is 0 Å². The van der Waals surface area contributed by atoms with E-state index in [1.165, 1.54) is 43.6 Å². The molecule has 1 aliphatic carbocycles. The van der Waals surface area contributed by atoms with Crippen molar-refractivity contribution in [3.8, 4) is 0 Å². The zero-order valence-corrected chi connectivity index (χ0v) is 13.7. The highest BCUT2D eigenvalue weighted by atomic mass is 32.2. The first-order valence-electron chi connectivity index (χ1n) is 8.60. The van der Waals surface area contributed by atoms with Gasteiger partial charge in [0, 0.05) is 6.61 Å². The number of hydrogen-bond donors (Lipinski definition) is 1. The molecule has 1 spiro atoms. The standard InChI is InChI=1S/C17H30O2S/c1-2-14-3-6-17(18,7-4-14)15-5-10-19-16(13-15)8-11-20-12-9-16/h14-15,18H,2-13H2,1H3. The highest BCUT2D eigenvalue weighted by Gasteiger charge is 2.47. The van der Waals surface area contributed by atoms with Gasteiger partial charge in [-0.2, -0.15) is 11.8 Å². The Morgan fingerprint density at radius 1 is 1.10 bits per heavy atom. The molecule has 3 heteroatoms. The minimum atomic E-state index is -0.382. The summed E-state index contributed by atoms with van der Waals surface area (Å²) < 4.78 is 6.19. The summed E-state index contributed by atoms with van der Waals surface area (Å²) in [6, 6.07) is 0. The van der Waals surface area contributed by atoms with Gasteiger partial charge in [0.05, 0.1) is 11.2 Å². The third kappa shape index (κ3) is 3.05. The molecule has 2 saturated heterocycles. The van der Waals surface area contributed by atoms with Crippen LogP contribution in [0.5, 0.6) is 0 Å². The lowest BCUT2D eigenvalue weighted by molar-refractivity contribution is -0.157. The first-order chi connectivity index (χ1) is 9.66. The van der Waals surface area contributed by atoms with E-state index in [2.05, 4.69) is 18.7 Å². The number of thioether (sulfide) groups is 1. The van der Waals surface area contributed by atoms with E-state index in [9.17, 15) is 5.11 Å². The van der Waals surface area contributed by atoms with Gasteiger partial charge in [0.1, 0.15) is 0 Å². The molecule has 2 aliphatic heterocycles. The Labute approximate surface area is 128 Å². The summed E-state index contributed by atoms with van der Waals surface area (Å²) in [6.45, 7) is 3.16. The van der Waals surface area contributed by atoms with Crippen molar-refractivity contribution < 1.29 is 9.84 Å². The minimum absolute atomic E-state index is 0.117. The average molecular weight is 298 g/mol. The monoisotopic (exact) mass is 298 g/mol. The average Bonchev–Trinajstić information content (AvgIpc) is 2.49. The van der Waals surface area contributed by atoms with Crippen molar-refractivity contribution in [1.29, 1.82) is 0 Å². The summed E-state index contributed by atoms with van der Waals surface area (Å²) in [5, 5.41) is 11.2. The molecule has 3 fully saturated rings. The van der Waals surface area contributed by atoms with E-state index in [1.54, 1.807) is 0 Å². The van der Waals surface area contributed by atoms with Crippen molar-refractivity contribution in [1.82, 2.24) is 0 Å². The summed E-state index contributed by atoms with van der Waals surface area (Å²) in [5.74, 6) is 3.82. The number of hydrogen-bond acceptors (Lipinski definition) is 3. The van der Waals surface area contributed by atoms with Crippen LogP contribution in [0.2, 0.25) is 0 Å². The molecule has 0 aromatic carbocycles. The minimum Gasteiger partial charge on any atom is -0.390 e.